The largest absolute Gasteiger partial charge is 0.391 e. The molecule has 0 aromatic heterocycles. The zero-order valence-electron chi connectivity index (χ0n) is 14.0. The SMILES string of the molecule is CC(C)(C)C1CCC(C(=O)NC2CCCCCC2O)CC1. The second-order valence-electron chi connectivity index (χ2n) is 8.24. The minimum Gasteiger partial charge on any atom is -0.391 e. The lowest BCUT2D eigenvalue weighted by atomic mass is 9.69. The van der Waals surface area contributed by atoms with Crippen molar-refractivity contribution in [1.29, 1.82) is 0 Å². The van der Waals surface area contributed by atoms with Gasteiger partial charge in [-0.2, -0.15) is 0 Å². The number of hydrogen-bond donors (Lipinski definition) is 2. The summed E-state index contributed by atoms with van der Waals surface area (Å²) in [5.41, 5.74) is 0.360. The summed E-state index contributed by atoms with van der Waals surface area (Å²) in [5, 5.41) is 13.3. The van der Waals surface area contributed by atoms with Crippen LogP contribution in [-0.2, 0) is 4.79 Å². The summed E-state index contributed by atoms with van der Waals surface area (Å²) in [6.07, 6.45) is 9.16. The molecule has 2 rings (SSSR count). The van der Waals surface area contributed by atoms with E-state index in [9.17, 15) is 9.90 Å². The van der Waals surface area contributed by atoms with Gasteiger partial charge in [0.2, 0.25) is 5.91 Å². The highest BCUT2D eigenvalue weighted by Gasteiger charge is 2.33. The van der Waals surface area contributed by atoms with Gasteiger partial charge in [0.05, 0.1) is 12.1 Å². The topological polar surface area (TPSA) is 49.3 Å². The maximum absolute atomic E-state index is 12.5. The van der Waals surface area contributed by atoms with Crippen molar-refractivity contribution in [1.82, 2.24) is 5.32 Å². The lowest BCUT2D eigenvalue weighted by molar-refractivity contribution is -0.128. The number of carbonyl (C=O) groups excluding carboxylic acids is 1. The zero-order chi connectivity index (χ0) is 15.5. The first-order valence-electron chi connectivity index (χ1n) is 8.86. The Morgan fingerprint density at radius 3 is 2.19 bits per heavy atom. The van der Waals surface area contributed by atoms with Gasteiger partial charge in [-0.3, -0.25) is 4.79 Å². The molecule has 3 nitrogen and oxygen atoms in total. The predicted octanol–water partition coefficient (Wildman–Crippen LogP) is 3.65. The normalized spacial score (nSPS) is 35.0. The van der Waals surface area contributed by atoms with Gasteiger partial charge in [0, 0.05) is 5.92 Å². The fourth-order valence-electron chi connectivity index (χ4n) is 3.98. The van der Waals surface area contributed by atoms with E-state index in [0.29, 0.717) is 5.41 Å². The molecular formula is C18H33NO2. The first kappa shape index (κ1) is 16.8. The molecule has 3 heteroatoms. The molecular weight excluding hydrogens is 262 g/mol. The van der Waals surface area contributed by atoms with Crippen molar-refractivity contribution in [2.24, 2.45) is 17.3 Å². The van der Waals surface area contributed by atoms with E-state index in [-0.39, 0.29) is 24.0 Å². The Hall–Kier alpha value is -0.570. The monoisotopic (exact) mass is 295 g/mol. The number of aliphatic hydroxyl groups excluding tert-OH is 1. The van der Waals surface area contributed by atoms with E-state index in [1.807, 2.05) is 0 Å². The van der Waals surface area contributed by atoms with Gasteiger partial charge in [-0.15, -0.1) is 0 Å². The van der Waals surface area contributed by atoms with Crippen molar-refractivity contribution in [3.05, 3.63) is 0 Å². The van der Waals surface area contributed by atoms with E-state index in [1.165, 1.54) is 6.42 Å². The van der Waals surface area contributed by atoms with Crippen molar-refractivity contribution in [3.8, 4) is 0 Å². The molecule has 2 atom stereocenters. The third-order valence-electron chi connectivity index (χ3n) is 5.63. The summed E-state index contributed by atoms with van der Waals surface area (Å²) >= 11 is 0. The molecule has 2 aliphatic carbocycles. The van der Waals surface area contributed by atoms with Gasteiger partial charge < -0.3 is 10.4 Å². The maximum atomic E-state index is 12.5. The van der Waals surface area contributed by atoms with Gasteiger partial charge in [0.15, 0.2) is 0 Å². The molecule has 2 unspecified atom stereocenters. The van der Waals surface area contributed by atoms with E-state index < -0.39 is 0 Å². The highest BCUT2D eigenvalue weighted by molar-refractivity contribution is 5.79. The summed E-state index contributed by atoms with van der Waals surface area (Å²) in [7, 11) is 0. The molecule has 0 radical (unpaired) electrons. The summed E-state index contributed by atoms with van der Waals surface area (Å²) in [4.78, 5) is 12.5. The van der Waals surface area contributed by atoms with Crippen LogP contribution in [0.3, 0.4) is 0 Å². The molecule has 0 aliphatic heterocycles. The number of nitrogens with one attached hydrogen (secondary N) is 1. The van der Waals surface area contributed by atoms with Crippen LogP contribution in [0.25, 0.3) is 0 Å². The highest BCUT2D eigenvalue weighted by Crippen LogP contribution is 2.39. The van der Waals surface area contributed by atoms with Crippen LogP contribution in [0, 0.1) is 17.3 Å². The first-order valence-corrected chi connectivity index (χ1v) is 8.86. The van der Waals surface area contributed by atoms with Crippen molar-refractivity contribution in [2.75, 3.05) is 0 Å². The molecule has 0 bridgehead atoms. The van der Waals surface area contributed by atoms with E-state index in [4.69, 9.17) is 0 Å². The minimum atomic E-state index is -0.345. The Balaban J connectivity index is 1.81. The Bertz CT molecular complexity index is 340. The summed E-state index contributed by atoms with van der Waals surface area (Å²) in [6, 6.07) is -0.0136. The highest BCUT2D eigenvalue weighted by atomic mass is 16.3. The zero-order valence-corrected chi connectivity index (χ0v) is 14.0. The smallest absolute Gasteiger partial charge is 0.223 e. The number of rotatable bonds is 2. The van der Waals surface area contributed by atoms with E-state index in [0.717, 1.165) is 57.3 Å². The third kappa shape index (κ3) is 4.70. The molecule has 122 valence electrons. The molecule has 2 saturated carbocycles. The number of hydrogen-bond acceptors (Lipinski definition) is 2. The van der Waals surface area contributed by atoms with Crippen LogP contribution in [0.2, 0.25) is 0 Å². The van der Waals surface area contributed by atoms with Crippen LogP contribution >= 0.6 is 0 Å². The van der Waals surface area contributed by atoms with Gasteiger partial charge in [-0.1, -0.05) is 40.0 Å². The van der Waals surface area contributed by atoms with Crippen molar-refractivity contribution in [3.63, 3.8) is 0 Å². The molecule has 2 N–H and O–H groups in total. The second kappa shape index (κ2) is 7.13. The van der Waals surface area contributed by atoms with E-state index in [1.54, 1.807) is 0 Å². The van der Waals surface area contributed by atoms with Gasteiger partial charge in [0.1, 0.15) is 0 Å². The fourth-order valence-corrected chi connectivity index (χ4v) is 3.98. The van der Waals surface area contributed by atoms with Crippen LogP contribution < -0.4 is 5.32 Å². The molecule has 0 saturated heterocycles. The third-order valence-corrected chi connectivity index (χ3v) is 5.63. The van der Waals surface area contributed by atoms with Crippen molar-refractivity contribution >= 4 is 5.91 Å². The van der Waals surface area contributed by atoms with Crippen LogP contribution in [-0.4, -0.2) is 23.2 Å². The quantitative estimate of drug-likeness (QED) is 0.764. The molecule has 2 aliphatic rings. The number of aliphatic hydroxyl groups is 1. The van der Waals surface area contributed by atoms with Gasteiger partial charge >= 0.3 is 0 Å². The average Bonchev–Trinajstić information content (AvgIpc) is 2.63. The minimum absolute atomic E-state index is 0.0136. The summed E-state index contributed by atoms with van der Waals surface area (Å²) in [5.74, 6) is 1.09. The molecule has 0 spiro atoms. The van der Waals surface area contributed by atoms with E-state index in [2.05, 4.69) is 26.1 Å². The summed E-state index contributed by atoms with van der Waals surface area (Å²) < 4.78 is 0. The maximum Gasteiger partial charge on any atom is 0.223 e. The van der Waals surface area contributed by atoms with Crippen molar-refractivity contribution < 1.29 is 9.90 Å². The van der Waals surface area contributed by atoms with Crippen LogP contribution in [0.5, 0.6) is 0 Å². The lowest BCUT2D eigenvalue weighted by Gasteiger charge is -2.37. The average molecular weight is 295 g/mol. The Morgan fingerprint density at radius 1 is 0.952 bits per heavy atom. The molecule has 2 fully saturated rings. The molecule has 0 aromatic rings. The molecule has 21 heavy (non-hydrogen) atoms. The lowest BCUT2D eigenvalue weighted by Crippen LogP contribution is -2.46. The first-order chi connectivity index (χ1) is 9.88. The van der Waals surface area contributed by atoms with Crippen molar-refractivity contribution in [2.45, 2.75) is 90.7 Å². The molecule has 0 heterocycles. The Labute approximate surface area is 129 Å². The fraction of sp³-hybridized carbons (Fsp3) is 0.944. The Morgan fingerprint density at radius 2 is 1.57 bits per heavy atom. The number of carbonyl (C=O) groups is 1. The number of amides is 1. The van der Waals surface area contributed by atoms with E-state index >= 15 is 0 Å². The molecule has 0 aromatic carbocycles. The van der Waals surface area contributed by atoms with Gasteiger partial charge in [0.25, 0.3) is 0 Å². The Kier molecular flexibility index (Phi) is 5.70. The standard InChI is InChI=1S/C18H33NO2/c1-18(2,3)14-11-9-13(10-12-14)17(21)19-15-7-5-4-6-8-16(15)20/h13-16,20H,4-12H2,1-3H3,(H,19,21). The van der Waals surface area contributed by atoms with Crippen LogP contribution in [0.1, 0.15) is 78.6 Å². The molecule has 1 amide bonds. The predicted molar refractivity (Wildman–Crippen MR) is 85.9 cm³/mol. The van der Waals surface area contributed by atoms with Gasteiger partial charge in [-0.25, -0.2) is 0 Å². The van der Waals surface area contributed by atoms with Gasteiger partial charge in [-0.05, 0) is 49.9 Å². The summed E-state index contributed by atoms with van der Waals surface area (Å²) in [6.45, 7) is 6.92. The van der Waals surface area contributed by atoms with Crippen LogP contribution in [0.15, 0.2) is 0 Å². The van der Waals surface area contributed by atoms with Crippen LogP contribution in [0.4, 0.5) is 0 Å². The second-order valence-corrected chi connectivity index (χ2v) is 8.24.